The smallest absolute Gasteiger partial charge is 0.326 e. The van der Waals surface area contributed by atoms with Gasteiger partial charge in [-0.3, -0.25) is 24.1 Å². The Morgan fingerprint density at radius 2 is 1.42 bits per heavy atom. The number of hydrogen-bond acceptors (Lipinski definition) is 18. The molecule has 0 bridgehead atoms. The number of rotatable bonds is 33. The molecule has 0 aliphatic carbocycles. The van der Waals surface area contributed by atoms with Crippen LogP contribution in [-0.4, -0.2) is 230 Å². The molecule has 0 saturated carbocycles. The minimum absolute atomic E-state index is 0.0258. The van der Waals surface area contributed by atoms with Crippen molar-refractivity contribution in [2.45, 2.75) is 154 Å². The van der Waals surface area contributed by atoms with Gasteiger partial charge in [0, 0.05) is 47.9 Å². The summed E-state index contributed by atoms with van der Waals surface area (Å²) in [5, 5.41) is 103. The summed E-state index contributed by atoms with van der Waals surface area (Å²) >= 11 is 0. The minimum Gasteiger partial charge on any atom is -0.506 e. The predicted octanol–water partition coefficient (Wildman–Crippen LogP) is -0.0312. The molecule has 1 rings (SSSR count). The molecule has 1 fully saturated rings. The Bertz CT molecular complexity index is 1800. The van der Waals surface area contributed by atoms with Gasteiger partial charge < -0.3 is 85.7 Å². The molecule has 23 nitrogen and oxygen atoms in total. The molecule has 0 spiro atoms. The number of aliphatic hydroxyl groups excluding tert-OH is 9. The first-order valence-electron chi connectivity index (χ1n) is 24.5. The van der Waals surface area contributed by atoms with Gasteiger partial charge in [-0.1, -0.05) is 86.3 Å². The summed E-state index contributed by atoms with van der Waals surface area (Å²) in [6, 6.07) is -4.55. The normalized spacial score (nSPS) is 19.8. The fraction of sp³-hybridized carbons (Fsp3) is 0.740. The fourth-order valence-corrected chi connectivity index (χ4v) is 8.96. The summed E-state index contributed by atoms with van der Waals surface area (Å²) in [4.78, 5) is 73.3. The second-order valence-corrected chi connectivity index (χ2v) is 19.0. The maximum absolute atomic E-state index is 14.6. The summed E-state index contributed by atoms with van der Waals surface area (Å²) in [5.74, 6) is -7.26. The van der Waals surface area contributed by atoms with Crippen molar-refractivity contribution >= 4 is 29.6 Å². The maximum Gasteiger partial charge on any atom is 0.326 e. The number of aliphatic carboxylic acids is 1. The number of allylic oxidation sites excluding steroid dienone is 3. The van der Waals surface area contributed by atoms with Crippen LogP contribution >= 0.6 is 0 Å². The van der Waals surface area contributed by atoms with Gasteiger partial charge in [0.1, 0.15) is 37.0 Å². The van der Waals surface area contributed by atoms with Gasteiger partial charge in [-0.2, -0.15) is 0 Å². The highest BCUT2D eigenvalue weighted by Crippen LogP contribution is 2.30. The molecule has 0 aromatic heterocycles. The van der Waals surface area contributed by atoms with Crippen molar-refractivity contribution in [3.05, 3.63) is 48.5 Å². The standard InChI is InChI=1S/C49H85N5O17.CH4O/c1-14-18-30(16-3)21-31(48(66)67)50-45(63)29(9)44(70-13)32-19-17-20-54(32)37(59)22-36(69-12)40(28(8)15-2)53(11)47(65)38(26(4)5)51-46(64)39(27(6)7)52(10)23-33(56)41(60)42(61)35(58)25-71-49(68)43(62)34(57)24-55;1-2/h14,16,18,26-29,31-33,35-36,38-42,44,49,55-58,60-62,68H,1,3,15,17,19-25H2,2,4-13H3,(H,50,63)(H,51,64)(H,66,67);2H,1H3/b30-18+,43-34?;. The van der Waals surface area contributed by atoms with Crippen molar-refractivity contribution in [2.24, 2.45) is 23.7 Å². The fourth-order valence-electron chi connectivity index (χ4n) is 8.96. The quantitative estimate of drug-likeness (QED) is 0.0233. The molecule has 0 radical (unpaired) electrons. The van der Waals surface area contributed by atoms with Gasteiger partial charge in [-0.05, 0) is 43.2 Å². The van der Waals surface area contributed by atoms with Gasteiger partial charge in [0.25, 0.3) is 0 Å². The van der Waals surface area contributed by atoms with Crippen molar-refractivity contribution in [3.8, 4) is 0 Å². The molecule has 1 heterocycles. The van der Waals surface area contributed by atoms with Crippen LogP contribution < -0.4 is 10.6 Å². The van der Waals surface area contributed by atoms with Crippen molar-refractivity contribution in [2.75, 3.05) is 61.7 Å². The lowest BCUT2D eigenvalue weighted by Gasteiger charge is -2.41. The molecular formula is C50H89N5O18. The van der Waals surface area contributed by atoms with E-state index in [1.54, 1.807) is 52.6 Å². The van der Waals surface area contributed by atoms with E-state index in [9.17, 15) is 64.8 Å². The zero-order valence-corrected chi connectivity index (χ0v) is 44.8. The zero-order valence-electron chi connectivity index (χ0n) is 44.8. The summed E-state index contributed by atoms with van der Waals surface area (Å²) in [6.07, 6.45) is -5.44. The molecule has 23 heteroatoms. The molecular weight excluding hydrogens is 959 g/mol. The first kappa shape index (κ1) is 68.5. The second kappa shape index (κ2) is 34.1. The van der Waals surface area contributed by atoms with Crippen LogP contribution in [0, 0.1) is 23.7 Å². The molecule has 14 unspecified atom stereocenters. The number of nitrogens with one attached hydrogen (secondary N) is 2. The van der Waals surface area contributed by atoms with Gasteiger partial charge >= 0.3 is 5.97 Å². The summed E-state index contributed by atoms with van der Waals surface area (Å²) in [7, 11) is 6.94. The van der Waals surface area contributed by atoms with E-state index in [1.807, 2.05) is 13.8 Å². The van der Waals surface area contributed by atoms with Crippen LogP contribution in [0.4, 0.5) is 0 Å². The van der Waals surface area contributed by atoms with E-state index in [1.165, 1.54) is 43.2 Å². The van der Waals surface area contributed by atoms with E-state index in [4.69, 9.17) is 24.4 Å². The van der Waals surface area contributed by atoms with E-state index >= 15 is 0 Å². The number of carbonyl (C=O) groups excluding carboxylic acids is 4. The van der Waals surface area contributed by atoms with Gasteiger partial charge in [0.2, 0.25) is 29.9 Å². The Hall–Kier alpha value is -4.53. The van der Waals surface area contributed by atoms with Crippen LogP contribution in [-0.2, 0) is 38.2 Å². The molecule has 1 saturated heterocycles. The van der Waals surface area contributed by atoms with Crippen LogP contribution in [0.25, 0.3) is 0 Å². The number of nitrogens with zero attached hydrogens (tertiary/aromatic N) is 3. The minimum atomic E-state index is -2.19. The Morgan fingerprint density at radius 3 is 1.90 bits per heavy atom. The van der Waals surface area contributed by atoms with Crippen molar-refractivity contribution in [3.63, 3.8) is 0 Å². The number of carboxylic acid groups (broad SMARTS) is 1. The average molecular weight is 1050 g/mol. The van der Waals surface area contributed by atoms with Gasteiger partial charge in [0.15, 0.2) is 11.5 Å². The van der Waals surface area contributed by atoms with Crippen LogP contribution in [0.3, 0.4) is 0 Å². The van der Waals surface area contributed by atoms with Gasteiger partial charge in [-0.25, -0.2) is 4.79 Å². The number of likely N-dealkylation sites (N-methyl/N-ethyl adjacent to an activating group) is 2. The molecule has 0 aromatic rings. The molecule has 73 heavy (non-hydrogen) atoms. The SMILES string of the molecule is C=C/C=C(\C=C)CC(NC(=O)C(C)C(OC)C1CCCN1C(=O)CC(OC)C(C(C)CC)N(C)C(=O)C(NC(=O)C(C(C)C)N(C)CC(O)C(O)C(O)C(O)COC(O)C(O)=C(O)CO)C(C)C)C(=O)O.CO. The monoisotopic (exact) mass is 1050 g/mol. The second-order valence-electron chi connectivity index (χ2n) is 19.0. The number of amides is 4. The van der Waals surface area contributed by atoms with E-state index in [0.29, 0.717) is 31.4 Å². The van der Waals surface area contributed by atoms with Crippen molar-refractivity contribution in [1.29, 1.82) is 0 Å². The van der Waals surface area contributed by atoms with Crippen LogP contribution in [0.15, 0.2) is 48.5 Å². The number of likely N-dealkylation sites (tertiary alicyclic amines) is 1. The molecule has 14 atom stereocenters. The summed E-state index contributed by atoms with van der Waals surface area (Å²) in [5.41, 5.74) is 0.566. The third-order valence-electron chi connectivity index (χ3n) is 13.2. The topological polar surface area (TPSA) is 349 Å². The Kier molecular flexibility index (Phi) is 32.0. The third kappa shape index (κ3) is 20.3. The molecule has 422 valence electrons. The van der Waals surface area contributed by atoms with Gasteiger partial charge in [-0.15, -0.1) is 0 Å². The lowest BCUT2D eigenvalue weighted by Crippen LogP contribution is -2.60. The number of methoxy groups -OCH3 is 2. The molecule has 1 aliphatic heterocycles. The predicted molar refractivity (Wildman–Crippen MR) is 270 cm³/mol. The van der Waals surface area contributed by atoms with Crippen molar-refractivity contribution < 1.29 is 89.2 Å². The maximum atomic E-state index is 14.6. The molecule has 12 N–H and O–H groups in total. The molecule has 1 aliphatic rings. The average Bonchev–Trinajstić information content (AvgIpc) is 3.85. The number of aliphatic hydroxyl groups is 9. The lowest BCUT2D eigenvalue weighted by atomic mass is 9.89. The Morgan fingerprint density at radius 1 is 0.836 bits per heavy atom. The van der Waals surface area contributed by atoms with E-state index < -0.39 is 146 Å². The number of carbonyl (C=O) groups is 5. The number of carboxylic acids is 1. The Labute approximate surface area is 430 Å². The van der Waals surface area contributed by atoms with Crippen LogP contribution in [0.1, 0.15) is 80.6 Å². The molecule has 0 aromatic carbocycles. The third-order valence-corrected chi connectivity index (χ3v) is 13.2. The zero-order chi connectivity index (χ0) is 56.6. The molecule has 4 amide bonds. The highest BCUT2D eigenvalue weighted by Gasteiger charge is 2.44. The highest BCUT2D eigenvalue weighted by molar-refractivity contribution is 5.90. The van der Waals surface area contributed by atoms with E-state index in [0.717, 1.165) is 7.11 Å². The Balaban J connectivity index is 0.0000256. The summed E-state index contributed by atoms with van der Waals surface area (Å²) < 4.78 is 16.6. The van der Waals surface area contributed by atoms with Gasteiger partial charge in [0.05, 0.1) is 55.4 Å². The van der Waals surface area contributed by atoms with Crippen LogP contribution in [0.2, 0.25) is 0 Å². The van der Waals surface area contributed by atoms with E-state index in [-0.39, 0.29) is 24.7 Å². The summed E-state index contributed by atoms with van der Waals surface area (Å²) in [6.45, 7) is 17.8. The van der Waals surface area contributed by atoms with Crippen molar-refractivity contribution in [1.82, 2.24) is 25.3 Å². The number of hydrogen-bond donors (Lipinski definition) is 12. The van der Waals surface area contributed by atoms with E-state index in [2.05, 4.69) is 23.8 Å². The largest absolute Gasteiger partial charge is 0.506 e. The van der Waals surface area contributed by atoms with Crippen LogP contribution in [0.5, 0.6) is 0 Å². The lowest BCUT2D eigenvalue weighted by molar-refractivity contribution is -0.160. The first-order chi connectivity index (χ1) is 34.2. The first-order valence-corrected chi connectivity index (χ1v) is 24.5. The highest BCUT2D eigenvalue weighted by atomic mass is 16.6. The number of ether oxygens (including phenoxy) is 3.